The molecule has 1 aliphatic rings. The lowest BCUT2D eigenvalue weighted by atomic mass is 9.66. The van der Waals surface area contributed by atoms with Crippen LogP contribution in [0.4, 0.5) is 0 Å². The average Bonchev–Trinajstić information content (AvgIpc) is 2.14. The monoisotopic (exact) mass is 190 g/mol. The molecule has 1 heteroatoms. The minimum Gasteiger partial charge on any atom is -0.393 e. The number of benzene rings is 1. The summed E-state index contributed by atoms with van der Waals surface area (Å²) in [6, 6.07) is 8.67. The van der Waals surface area contributed by atoms with Crippen LogP contribution >= 0.6 is 0 Å². The molecule has 0 spiro atoms. The number of aliphatic hydroxyl groups excluding tert-OH is 1. The van der Waals surface area contributed by atoms with Gasteiger partial charge in [-0.05, 0) is 30.7 Å². The Morgan fingerprint density at radius 1 is 1.43 bits per heavy atom. The van der Waals surface area contributed by atoms with Gasteiger partial charge >= 0.3 is 0 Å². The van der Waals surface area contributed by atoms with Crippen LogP contribution in [0.3, 0.4) is 0 Å². The van der Waals surface area contributed by atoms with E-state index in [2.05, 4.69) is 38.1 Å². The first kappa shape index (κ1) is 9.72. The largest absolute Gasteiger partial charge is 0.393 e. The molecule has 14 heavy (non-hydrogen) atoms. The summed E-state index contributed by atoms with van der Waals surface area (Å²) in [6.07, 6.45) is 1.97. The zero-order chi connectivity index (χ0) is 10.1. The van der Waals surface area contributed by atoms with E-state index in [1.165, 1.54) is 11.1 Å². The van der Waals surface area contributed by atoms with Crippen LogP contribution in [-0.4, -0.2) is 11.2 Å². The summed E-state index contributed by atoms with van der Waals surface area (Å²) in [4.78, 5) is 0. The fourth-order valence-electron chi connectivity index (χ4n) is 2.52. The SMILES string of the molecule is CCC1C(O)CC1c1cccc(C)c1. The zero-order valence-corrected chi connectivity index (χ0v) is 8.90. The van der Waals surface area contributed by atoms with Crippen LogP contribution in [-0.2, 0) is 0 Å². The third-order valence-corrected chi connectivity index (χ3v) is 3.45. The number of rotatable bonds is 2. The van der Waals surface area contributed by atoms with Crippen molar-refractivity contribution in [3.63, 3.8) is 0 Å². The summed E-state index contributed by atoms with van der Waals surface area (Å²) in [6.45, 7) is 4.29. The van der Waals surface area contributed by atoms with Gasteiger partial charge in [0.25, 0.3) is 0 Å². The molecule has 2 rings (SSSR count). The summed E-state index contributed by atoms with van der Waals surface area (Å²) in [5, 5.41) is 9.61. The molecule has 3 atom stereocenters. The van der Waals surface area contributed by atoms with Crippen LogP contribution in [0.5, 0.6) is 0 Å². The first-order chi connectivity index (χ1) is 6.72. The van der Waals surface area contributed by atoms with E-state index < -0.39 is 0 Å². The van der Waals surface area contributed by atoms with Crippen molar-refractivity contribution in [2.24, 2.45) is 5.92 Å². The maximum atomic E-state index is 9.61. The van der Waals surface area contributed by atoms with Gasteiger partial charge in [0, 0.05) is 0 Å². The van der Waals surface area contributed by atoms with Crippen molar-refractivity contribution in [2.75, 3.05) is 0 Å². The van der Waals surface area contributed by atoms with Gasteiger partial charge in [-0.15, -0.1) is 0 Å². The van der Waals surface area contributed by atoms with E-state index in [-0.39, 0.29) is 6.10 Å². The quantitative estimate of drug-likeness (QED) is 0.760. The lowest BCUT2D eigenvalue weighted by molar-refractivity contribution is -0.000741. The van der Waals surface area contributed by atoms with Gasteiger partial charge in [-0.1, -0.05) is 43.2 Å². The predicted molar refractivity (Wildman–Crippen MR) is 58.3 cm³/mol. The van der Waals surface area contributed by atoms with Crippen molar-refractivity contribution in [3.8, 4) is 0 Å². The summed E-state index contributed by atoms with van der Waals surface area (Å²) < 4.78 is 0. The molecule has 1 aromatic rings. The van der Waals surface area contributed by atoms with E-state index >= 15 is 0 Å². The van der Waals surface area contributed by atoms with Crippen molar-refractivity contribution in [1.82, 2.24) is 0 Å². The maximum absolute atomic E-state index is 9.61. The normalized spacial score (nSPS) is 31.2. The molecule has 1 nitrogen and oxygen atoms in total. The summed E-state index contributed by atoms with van der Waals surface area (Å²) in [7, 11) is 0. The third-order valence-electron chi connectivity index (χ3n) is 3.45. The second kappa shape index (κ2) is 3.74. The zero-order valence-electron chi connectivity index (χ0n) is 8.90. The molecule has 0 amide bonds. The Hall–Kier alpha value is -0.820. The van der Waals surface area contributed by atoms with Crippen LogP contribution in [0.25, 0.3) is 0 Å². The first-order valence-corrected chi connectivity index (χ1v) is 5.47. The van der Waals surface area contributed by atoms with Crippen molar-refractivity contribution >= 4 is 0 Å². The maximum Gasteiger partial charge on any atom is 0.0580 e. The van der Waals surface area contributed by atoms with Crippen molar-refractivity contribution < 1.29 is 5.11 Å². The Balaban J connectivity index is 2.16. The predicted octanol–water partition coefficient (Wildman–Crippen LogP) is 2.87. The Labute approximate surface area is 85.8 Å². The van der Waals surface area contributed by atoms with Gasteiger partial charge in [-0.25, -0.2) is 0 Å². The molecule has 1 N–H and O–H groups in total. The summed E-state index contributed by atoms with van der Waals surface area (Å²) >= 11 is 0. The van der Waals surface area contributed by atoms with Gasteiger partial charge in [0.15, 0.2) is 0 Å². The Morgan fingerprint density at radius 3 is 2.79 bits per heavy atom. The van der Waals surface area contributed by atoms with Gasteiger partial charge in [0.1, 0.15) is 0 Å². The third kappa shape index (κ3) is 1.57. The summed E-state index contributed by atoms with van der Waals surface area (Å²) in [5.41, 5.74) is 2.72. The van der Waals surface area contributed by atoms with Gasteiger partial charge in [0.05, 0.1) is 6.10 Å². The number of aliphatic hydroxyl groups is 1. The lowest BCUT2D eigenvalue weighted by Crippen LogP contribution is -2.39. The molecule has 0 aromatic heterocycles. The fraction of sp³-hybridized carbons (Fsp3) is 0.538. The van der Waals surface area contributed by atoms with E-state index in [0.717, 1.165) is 12.8 Å². The highest BCUT2D eigenvalue weighted by molar-refractivity contribution is 5.28. The van der Waals surface area contributed by atoms with Crippen LogP contribution in [0.15, 0.2) is 24.3 Å². The van der Waals surface area contributed by atoms with E-state index in [9.17, 15) is 5.11 Å². The smallest absolute Gasteiger partial charge is 0.0580 e. The molecule has 0 heterocycles. The lowest BCUT2D eigenvalue weighted by Gasteiger charge is -2.41. The van der Waals surface area contributed by atoms with E-state index in [4.69, 9.17) is 0 Å². The molecule has 1 aromatic carbocycles. The van der Waals surface area contributed by atoms with Crippen LogP contribution in [0, 0.1) is 12.8 Å². The van der Waals surface area contributed by atoms with Crippen molar-refractivity contribution in [2.45, 2.75) is 38.7 Å². The molecule has 1 aliphatic carbocycles. The highest BCUT2D eigenvalue weighted by atomic mass is 16.3. The highest BCUT2D eigenvalue weighted by Crippen LogP contribution is 2.44. The van der Waals surface area contributed by atoms with Crippen LogP contribution in [0.2, 0.25) is 0 Å². The van der Waals surface area contributed by atoms with Crippen LogP contribution in [0.1, 0.15) is 36.8 Å². The Bertz CT molecular complexity index is 319. The minimum atomic E-state index is -0.0643. The van der Waals surface area contributed by atoms with Gasteiger partial charge in [-0.3, -0.25) is 0 Å². The number of hydrogen-bond acceptors (Lipinski definition) is 1. The van der Waals surface area contributed by atoms with Crippen molar-refractivity contribution in [3.05, 3.63) is 35.4 Å². The Kier molecular flexibility index (Phi) is 2.60. The van der Waals surface area contributed by atoms with Gasteiger partial charge in [0.2, 0.25) is 0 Å². The molecule has 0 aliphatic heterocycles. The minimum absolute atomic E-state index is 0.0643. The van der Waals surface area contributed by atoms with E-state index in [1.54, 1.807) is 0 Å². The molecule has 0 bridgehead atoms. The van der Waals surface area contributed by atoms with Crippen LogP contribution < -0.4 is 0 Å². The van der Waals surface area contributed by atoms with Gasteiger partial charge in [-0.2, -0.15) is 0 Å². The highest BCUT2D eigenvalue weighted by Gasteiger charge is 2.39. The topological polar surface area (TPSA) is 20.2 Å². The van der Waals surface area contributed by atoms with Gasteiger partial charge < -0.3 is 5.11 Å². The average molecular weight is 190 g/mol. The molecular formula is C13H18O. The standard InChI is InChI=1S/C13H18O/c1-3-11-12(8-13(11)14)10-6-4-5-9(2)7-10/h4-7,11-14H,3,8H2,1-2H3. The molecule has 3 unspecified atom stereocenters. The second-order valence-electron chi connectivity index (χ2n) is 4.40. The first-order valence-electron chi connectivity index (χ1n) is 5.47. The summed E-state index contributed by atoms with van der Waals surface area (Å²) in [5.74, 6) is 1.08. The fourth-order valence-corrected chi connectivity index (χ4v) is 2.52. The van der Waals surface area contributed by atoms with E-state index in [0.29, 0.717) is 11.8 Å². The molecule has 0 radical (unpaired) electrons. The molecule has 76 valence electrons. The van der Waals surface area contributed by atoms with E-state index in [1.807, 2.05) is 0 Å². The second-order valence-corrected chi connectivity index (χ2v) is 4.40. The Morgan fingerprint density at radius 2 is 2.21 bits per heavy atom. The molecule has 1 saturated carbocycles. The molecular weight excluding hydrogens is 172 g/mol. The molecule has 0 saturated heterocycles. The van der Waals surface area contributed by atoms with Crippen molar-refractivity contribution in [1.29, 1.82) is 0 Å². The number of aryl methyl sites for hydroxylation is 1. The number of hydrogen-bond donors (Lipinski definition) is 1. The molecule has 1 fully saturated rings.